The van der Waals surface area contributed by atoms with Crippen LogP contribution in [-0.2, 0) is 9.53 Å². The van der Waals surface area contributed by atoms with Crippen LogP contribution in [0.2, 0.25) is 0 Å². The molecule has 0 N–H and O–H groups in total. The summed E-state index contributed by atoms with van der Waals surface area (Å²) in [6.45, 7) is 0. The Balaban J connectivity index is 1.41. The maximum Gasteiger partial charge on any atom is 0.133 e. The first-order valence-electron chi connectivity index (χ1n) is 6.43. The lowest BCUT2D eigenvalue weighted by Crippen LogP contribution is -2.48. The van der Waals surface area contributed by atoms with E-state index in [2.05, 4.69) is 0 Å². The number of rotatable bonds is 2. The molecule has 3 aliphatic carbocycles. The summed E-state index contributed by atoms with van der Waals surface area (Å²) in [6, 6.07) is 0. The number of carbonyl (C=O) groups excluding carboxylic acids is 1. The molecule has 0 bridgehead atoms. The summed E-state index contributed by atoms with van der Waals surface area (Å²) >= 11 is 0. The van der Waals surface area contributed by atoms with E-state index in [-0.39, 0.29) is 0 Å². The van der Waals surface area contributed by atoms with Gasteiger partial charge in [0.15, 0.2) is 0 Å². The molecule has 0 amide bonds. The van der Waals surface area contributed by atoms with Gasteiger partial charge >= 0.3 is 0 Å². The van der Waals surface area contributed by atoms with Crippen molar-refractivity contribution in [2.24, 2.45) is 5.41 Å². The van der Waals surface area contributed by atoms with Crippen LogP contribution in [-0.4, -0.2) is 18.0 Å². The molecule has 3 rings (SSSR count). The number of Topliss-reactive ketones (excluding diaryl/α,β-unsaturated/α-hetero) is 1. The second-order valence-corrected chi connectivity index (χ2v) is 5.76. The topological polar surface area (TPSA) is 26.3 Å². The Morgan fingerprint density at radius 1 is 1.07 bits per heavy atom. The molecular formula is C13H20O2. The van der Waals surface area contributed by atoms with E-state index in [4.69, 9.17) is 4.74 Å². The normalized spacial score (nSPS) is 31.3. The zero-order valence-corrected chi connectivity index (χ0v) is 9.34. The Morgan fingerprint density at radius 3 is 2.27 bits per heavy atom. The molecule has 0 saturated heterocycles. The quantitative estimate of drug-likeness (QED) is 0.697. The Labute approximate surface area is 91.4 Å². The van der Waals surface area contributed by atoms with Crippen molar-refractivity contribution in [3.05, 3.63) is 0 Å². The van der Waals surface area contributed by atoms with Crippen LogP contribution in [0.5, 0.6) is 0 Å². The zero-order valence-electron chi connectivity index (χ0n) is 9.34. The highest BCUT2D eigenvalue weighted by Gasteiger charge is 2.49. The van der Waals surface area contributed by atoms with E-state index in [9.17, 15) is 4.79 Å². The van der Waals surface area contributed by atoms with Gasteiger partial charge in [0.25, 0.3) is 0 Å². The standard InChI is InChI=1S/C13H20O2/c14-10-2-4-11(5-3-10)15-12-8-13(9-12)6-1-7-13/h11-12H,1-9H2. The fraction of sp³-hybridized carbons (Fsp3) is 0.923. The summed E-state index contributed by atoms with van der Waals surface area (Å²) in [5.41, 5.74) is 0.717. The third-order valence-corrected chi connectivity index (χ3v) is 4.61. The van der Waals surface area contributed by atoms with Gasteiger partial charge in [0.05, 0.1) is 12.2 Å². The maximum atomic E-state index is 11.1. The monoisotopic (exact) mass is 208 g/mol. The second kappa shape index (κ2) is 3.58. The van der Waals surface area contributed by atoms with Crippen LogP contribution in [0.15, 0.2) is 0 Å². The molecule has 0 aromatic heterocycles. The maximum absolute atomic E-state index is 11.1. The van der Waals surface area contributed by atoms with Crippen molar-refractivity contribution in [2.45, 2.75) is 70.0 Å². The largest absolute Gasteiger partial charge is 0.375 e. The van der Waals surface area contributed by atoms with E-state index >= 15 is 0 Å². The molecule has 0 heterocycles. The predicted molar refractivity (Wildman–Crippen MR) is 57.7 cm³/mol. The summed E-state index contributed by atoms with van der Waals surface area (Å²) < 4.78 is 6.05. The third kappa shape index (κ3) is 1.84. The van der Waals surface area contributed by atoms with Crippen LogP contribution in [0.4, 0.5) is 0 Å². The minimum atomic E-state index is 0.394. The summed E-state index contributed by atoms with van der Waals surface area (Å²) in [7, 11) is 0. The van der Waals surface area contributed by atoms with Crippen molar-refractivity contribution in [3.63, 3.8) is 0 Å². The zero-order chi connectivity index (χ0) is 10.3. The lowest BCUT2D eigenvalue weighted by molar-refractivity contribution is -0.152. The molecule has 2 nitrogen and oxygen atoms in total. The van der Waals surface area contributed by atoms with Crippen molar-refractivity contribution in [1.82, 2.24) is 0 Å². The number of hydrogen-bond donors (Lipinski definition) is 0. The average Bonchev–Trinajstić information content (AvgIpc) is 2.10. The lowest BCUT2D eigenvalue weighted by atomic mass is 9.55. The minimum absolute atomic E-state index is 0.394. The Morgan fingerprint density at radius 2 is 1.73 bits per heavy atom. The molecule has 0 aliphatic heterocycles. The Kier molecular flexibility index (Phi) is 2.35. The predicted octanol–water partition coefficient (Wildman–Crippen LogP) is 2.85. The van der Waals surface area contributed by atoms with Gasteiger partial charge in [-0.25, -0.2) is 0 Å². The van der Waals surface area contributed by atoms with E-state index in [0.717, 1.165) is 31.1 Å². The first kappa shape index (κ1) is 9.83. The molecule has 3 saturated carbocycles. The SMILES string of the molecule is O=C1CCC(OC2CC3(CCC3)C2)CC1. The average molecular weight is 208 g/mol. The molecule has 3 aliphatic rings. The highest BCUT2D eigenvalue weighted by Crippen LogP contribution is 2.57. The van der Waals surface area contributed by atoms with Gasteiger partial charge in [-0.15, -0.1) is 0 Å². The van der Waals surface area contributed by atoms with Crippen LogP contribution in [0, 0.1) is 5.41 Å². The van der Waals surface area contributed by atoms with Crippen LogP contribution in [0.3, 0.4) is 0 Å². The molecule has 2 heteroatoms. The highest BCUT2D eigenvalue weighted by atomic mass is 16.5. The van der Waals surface area contributed by atoms with Gasteiger partial charge < -0.3 is 4.74 Å². The van der Waals surface area contributed by atoms with Crippen molar-refractivity contribution in [3.8, 4) is 0 Å². The van der Waals surface area contributed by atoms with Crippen molar-refractivity contribution in [1.29, 1.82) is 0 Å². The molecule has 0 unspecified atom stereocenters. The minimum Gasteiger partial charge on any atom is -0.375 e. The van der Waals surface area contributed by atoms with Crippen molar-refractivity contribution in [2.75, 3.05) is 0 Å². The lowest BCUT2D eigenvalue weighted by Gasteiger charge is -2.54. The van der Waals surface area contributed by atoms with Crippen LogP contribution < -0.4 is 0 Å². The molecule has 0 aromatic rings. The van der Waals surface area contributed by atoms with E-state index in [1.54, 1.807) is 0 Å². The molecule has 3 fully saturated rings. The fourth-order valence-corrected chi connectivity index (χ4v) is 3.41. The molecule has 0 atom stereocenters. The van der Waals surface area contributed by atoms with Crippen LogP contribution in [0.25, 0.3) is 0 Å². The molecule has 84 valence electrons. The summed E-state index contributed by atoms with van der Waals surface area (Å²) in [6.07, 6.45) is 11.3. The van der Waals surface area contributed by atoms with Gasteiger partial charge in [-0.1, -0.05) is 6.42 Å². The van der Waals surface area contributed by atoms with Gasteiger partial charge in [0.2, 0.25) is 0 Å². The van der Waals surface area contributed by atoms with Crippen molar-refractivity contribution < 1.29 is 9.53 Å². The number of ether oxygens (including phenoxy) is 1. The molecule has 0 radical (unpaired) electrons. The fourth-order valence-electron chi connectivity index (χ4n) is 3.41. The smallest absolute Gasteiger partial charge is 0.133 e. The molecular weight excluding hydrogens is 188 g/mol. The first-order chi connectivity index (χ1) is 7.26. The van der Waals surface area contributed by atoms with Gasteiger partial charge in [-0.05, 0) is 43.9 Å². The van der Waals surface area contributed by atoms with E-state index in [0.29, 0.717) is 18.0 Å². The second-order valence-electron chi connectivity index (χ2n) is 5.76. The van der Waals surface area contributed by atoms with Gasteiger partial charge in [0, 0.05) is 12.8 Å². The molecule has 15 heavy (non-hydrogen) atoms. The van der Waals surface area contributed by atoms with Crippen LogP contribution >= 0.6 is 0 Å². The van der Waals surface area contributed by atoms with Gasteiger partial charge in [0.1, 0.15) is 5.78 Å². The van der Waals surface area contributed by atoms with E-state index in [1.165, 1.54) is 32.1 Å². The Hall–Kier alpha value is -0.370. The molecule has 0 aromatic carbocycles. The number of ketones is 1. The van der Waals surface area contributed by atoms with E-state index in [1.807, 2.05) is 0 Å². The van der Waals surface area contributed by atoms with Gasteiger partial charge in [-0.2, -0.15) is 0 Å². The first-order valence-corrected chi connectivity index (χ1v) is 6.43. The van der Waals surface area contributed by atoms with Crippen LogP contribution in [0.1, 0.15) is 57.8 Å². The molecule has 1 spiro atoms. The van der Waals surface area contributed by atoms with Gasteiger partial charge in [-0.3, -0.25) is 4.79 Å². The third-order valence-electron chi connectivity index (χ3n) is 4.61. The number of hydrogen-bond acceptors (Lipinski definition) is 2. The summed E-state index contributed by atoms with van der Waals surface area (Å²) in [5, 5.41) is 0. The summed E-state index contributed by atoms with van der Waals surface area (Å²) in [4.78, 5) is 11.1. The summed E-state index contributed by atoms with van der Waals surface area (Å²) in [5.74, 6) is 0.430. The highest BCUT2D eigenvalue weighted by molar-refractivity contribution is 5.79. The number of carbonyl (C=O) groups is 1. The van der Waals surface area contributed by atoms with E-state index < -0.39 is 0 Å². The van der Waals surface area contributed by atoms with Crippen molar-refractivity contribution >= 4 is 5.78 Å². The Bertz CT molecular complexity index is 250.